The third-order valence-electron chi connectivity index (χ3n) is 1.68. The molecule has 0 aliphatic rings. The van der Waals surface area contributed by atoms with E-state index in [4.69, 9.17) is 5.73 Å². The second kappa shape index (κ2) is 5.10. The van der Waals surface area contributed by atoms with Gasteiger partial charge in [-0.05, 0) is 26.0 Å². The average Bonchev–Trinajstić information content (AvgIpc) is 2.18. The Morgan fingerprint density at radius 2 is 1.80 bits per heavy atom. The van der Waals surface area contributed by atoms with Crippen LogP contribution in [0.15, 0.2) is 36.5 Å². The van der Waals surface area contributed by atoms with E-state index in [0.717, 1.165) is 16.6 Å². The normalized spacial score (nSPS) is 9.20. The summed E-state index contributed by atoms with van der Waals surface area (Å²) in [6, 6.07) is 9.64. The molecule has 0 unspecified atom stereocenters. The minimum Gasteiger partial charge on any atom is -0.398 e. The van der Waals surface area contributed by atoms with Crippen LogP contribution in [0.25, 0.3) is 10.9 Å². The lowest BCUT2D eigenvalue weighted by Crippen LogP contribution is -1.87. The lowest BCUT2D eigenvalue weighted by atomic mass is 10.2. The van der Waals surface area contributed by atoms with Crippen LogP contribution in [0.5, 0.6) is 0 Å². The summed E-state index contributed by atoms with van der Waals surface area (Å²) < 4.78 is 0. The standard InChI is InChI=1S/C9H8N2.C3H6O/c10-8-5-6-11-9-4-2-1-3-7(8)9;1-3(2)4/h1-6H,(H2,10,11);1-2H3. The molecule has 0 radical (unpaired) electrons. The number of ketones is 1. The van der Waals surface area contributed by atoms with E-state index in [1.54, 1.807) is 6.20 Å². The van der Waals surface area contributed by atoms with Gasteiger partial charge in [-0.15, -0.1) is 0 Å². The zero-order chi connectivity index (χ0) is 11.3. The van der Waals surface area contributed by atoms with Gasteiger partial charge >= 0.3 is 0 Å². The first kappa shape index (κ1) is 11.2. The predicted octanol–water partition coefficient (Wildman–Crippen LogP) is 2.41. The summed E-state index contributed by atoms with van der Waals surface area (Å²) in [5, 5.41) is 1.02. The molecule has 3 nitrogen and oxygen atoms in total. The molecule has 0 saturated carbocycles. The van der Waals surface area contributed by atoms with Crippen LogP contribution in [0.4, 0.5) is 5.69 Å². The van der Waals surface area contributed by atoms with E-state index in [1.807, 2.05) is 30.3 Å². The van der Waals surface area contributed by atoms with Crippen molar-refractivity contribution < 1.29 is 4.79 Å². The summed E-state index contributed by atoms with van der Waals surface area (Å²) in [5.74, 6) is 0.167. The zero-order valence-corrected chi connectivity index (χ0v) is 8.90. The van der Waals surface area contributed by atoms with Crippen molar-refractivity contribution in [3.8, 4) is 0 Å². The number of pyridine rings is 1. The van der Waals surface area contributed by atoms with E-state index < -0.39 is 0 Å². The number of carbonyl (C=O) groups is 1. The number of nitrogens with two attached hydrogens (primary N) is 1. The van der Waals surface area contributed by atoms with Crippen LogP contribution in [0.3, 0.4) is 0 Å². The fourth-order valence-electron chi connectivity index (χ4n) is 1.12. The number of Topliss-reactive ketones (excluding diaryl/α,β-unsaturated/α-hetero) is 1. The molecular formula is C12H14N2O. The lowest BCUT2D eigenvalue weighted by molar-refractivity contribution is -0.114. The molecule has 15 heavy (non-hydrogen) atoms. The molecule has 0 aliphatic carbocycles. The number of aromatic nitrogens is 1. The van der Waals surface area contributed by atoms with Crippen LogP contribution < -0.4 is 5.73 Å². The minimum absolute atomic E-state index is 0.167. The topological polar surface area (TPSA) is 56.0 Å². The molecule has 1 aromatic heterocycles. The van der Waals surface area contributed by atoms with Gasteiger partial charge in [0.15, 0.2) is 0 Å². The van der Waals surface area contributed by atoms with Crippen molar-refractivity contribution in [1.82, 2.24) is 4.98 Å². The Morgan fingerprint density at radius 1 is 1.20 bits per heavy atom. The van der Waals surface area contributed by atoms with Gasteiger partial charge in [0.25, 0.3) is 0 Å². The van der Waals surface area contributed by atoms with Crippen molar-refractivity contribution in [2.45, 2.75) is 13.8 Å². The highest BCUT2D eigenvalue weighted by Crippen LogP contribution is 2.16. The fraction of sp³-hybridized carbons (Fsp3) is 0.167. The number of anilines is 1. The molecule has 2 N–H and O–H groups in total. The Hall–Kier alpha value is -1.90. The first-order valence-corrected chi connectivity index (χ1v) is 4.67. The largest absolute Gasteiger partial charge is 0.398 e. The number of para-hydroxylation sites is 1. The van der Waals surface area contributed by atoms with Crippen LogP contribution in [-0.2, 0) is 4.79 Å². The third-order valence-corrected chi connectivity index (χ3v) is 1.68. The molecule has 1 aromatic carbocycles. The van der Waals surface area contributed by atoms with Gasteiger partial charge in [-0.25, -0.2) is 0 Å². The molecule has 0 spiro atoms. The van der Waals surface area contributed by atoms with Crippen LogP contribution in [-0.4, -0.2) is 10.8 Å². The van der Waals surface area contributed by atoms with Gasteiger partial charge in [-0.2, -0.15) is 0 Å². The van der Waals surface area contributed by atoms with Gasteiger partial charge < -0.3 is 10.5 Å². The monoisotopic (exact) mass is 202 g/mol. The Labute approximate surface area is 88.9 Å². The van der Waals surface area contributed by atoms with Gasteiger partial charge in [-0.1, -0.05) is 18.2 Å². The van der Waals surface area contributed by atoms with E-state index in [0.29, 0.717) is 0 Å². The first-order chi connectivity index (χ1) is 7.11. The lowest BCUT2D eigenvalue weighted by Gasteiger charge is -1.97. The number of nitrogen functional groups attached to an aromatic ring is 1. The van der Waals surface area contributed by atoms with E-state index in [-0.39, 0.29) is 5.78 Å². The molecule has 2 aromatic rings. The van der Waals surface area contributed by atoms with Crippen molar-refractivity contribution in [3.05, 3.63) is 36.5 Å². The van der Waals surface area contributed by atoms with Gasteiger partial charge in [0.05, 0.1) is 5.52 Å². The summed E-state index contributed by atoms with van der Waals surface area (Å²) in [6.07, 6.45) is 1.72. The van der Waals surface area contributed by atoms with Gasteiger partial charge in [0.1, 0.15) is 5.78 Å². The van der Waals surface area contributed by atoms with Gasteiger partial charge in [0.2, 0.25) is 0 Å². The SMILES string of the molecule is CC(C)=O.Nc1ccnc2ccccc12. The number of carbonyl (C=O) groups excluding carboxylic acids is 1. The predicted molar refractivity (Wildman–Crippen MR) is 62.5 cm³/mol. The summed E-state index contributed by atoms with van der Waals surface area (Å²) in [4.78, 5) is 13.6. The van der Waals surface area contributed by atoms with Crippen molar-refractivity contribution in [1.29, 1.82) is 0 Å². The number of rotatable bonds is 0. The number of nitrogens with zero attached hydrogens (tertiary/aromatic N) is 1. The van der Waals surface area contributed by atoms with Gasteiger partial charge in [-0.3, -0.25) is 4.98 Å². The zero-order valence-electron chi connectivity index (χ0n) is 8.90. The molecule has 1 heterocycles. The van der Waals surface area contributed by atoms with Crippen LogP contribution in [0.2, 0.25) is 0 Å². The highest BCUT2D eigenvalue weighted by atomic mass is 16.1. The average molecular weight is 202 g/mol. The number of hydrogen-bond donors (Lipinski definition) is 1. The van der Waals surface area contributed by atoms with E-state index in [2.05, 4.69) is 4.98 Å². The molecule has 2 rings (SSSR count). The van der Waals surface area contributed by atoms with Crippen molar-refractivity contribution in [3.63, 3.8) is 0 Å². The van der Waals surface area contributed by atoms with E-state index >= 15 is 0 Å². The summed E-state index contributed by atoms with van der Waals surface area (Å²) >= 11 is 0. The minimum atomic E-state index is 0.167. The highest BCUT2D eigenvalue weighted by molar-refractivity contribution is 5.89. The summed E-state index contributed by atoms with van der Waals surface area (Å²) in [6.45, 7) is 3.06. The maximum atomic E-state index is 9.44. The molecule has 78 valence electrons. The molecule has 3 heteroatoms. The molecule has 0 fully saturated rings. The highest BCUT2D eigenvalue weighted by Gasteiger charge is 1.94. The Morgan fingerprint density at radius 3 is 2.40 bits per heavy atom. The molecule has 0 amide bonds. The van der Waals surface area contributed by atoms with Crippen molar-refractivity contribution >= 4 is 22.4 Å². The Kier molecular flexibility index (Phi) is 3.80. The van der Waals surface area contributed by atoms with E-state index in [1.165, 1.54) is 13.8 Å². The molecule has 0 atom stereocenters. The number of fused-ring (bicyclic) bond motifs is 1. The molecule has 0 aliphatic heterocycles. The third kappa shape index (κ3) is 3.38. The second-order valence-corrected chi connectivity index (χ2v) is 3.33. The molecule has 0 bridgehead atoms. The first-order valence-electron chi connectivity index (χ1n) is 4.67. The quantitative estimate of drug-likeness (QED) is 0.713. The van der Waals surface area contributed by atoms with Crippen molar-refractivity contribution in [2.24, 2.45) is 0 Å². The smallest absolute Gasteiger partial charge is 0.126 e. The molecule has 0 saturated heterocycles. The van der Waals surface area contributed by atoms with Crippen LogP contribution in [0, 0.1) is 0 Å². The number of hydrogen-bond acceptors (Lipinski definition) is 3. The van der Waals surface area contributed by atoms with Crippen LogP contribution >= 0.6 is 0 Å². The second-order valence-electron chi connectivity index (χ2n) is 3.33. The van der Waals surface area contributed by atoms with Gasteiger partial charge in [0, 0.05) is 17.3 Å². The summed E-state index contributed by atoms with van der Waals surface area (Å²) in [7, 11) is 0. The van der Waals surface area contributed by atoms with Crippen molar-refractivity contribution in [2.75, 3.05) is 5.73 Å². The van der Waals surface area contributed by atoms with E-state index in [9.17, 15) is 4.79 Å². The maximum absolute atomic E-state index is 9.44. The Balaban J connectivity index is 0.000000245. The Bertz CT molecular complexity index is 457. The maximum Gasteiger partial charge on any atom is 0.126 e. The van der Waals surface area contributed by atoms with Crippen LogP contribution in [0.1, 0.15) is 13.8 Å². The number of benzene rings is 1. The fourth-order valence-corrected chi connectivity index (χ4v) is 1.12. The molecular weight excluding hydrogens is 188 g/mol. The summed E-state index contributed by atoms with van der Waals surface area (Å²) in [5.41, 5.74) is 7.46.